The Labute approximate surface area is 109 Å². The summed E-state index contributed by atoms with van der Waals surface area (Å²) in [6, 6.07) is 4.24. The summed E-state index contributed by atoms with van der Waals surface area (Å²) in [6.45, 7) is 6.29. The van der Waals surface area contributed by atoms with Crippen LogP contribution >= 0.6 is 0 Å². The van der Waals surface area contributed by atoms with Gasteiger partial charge in [-0.3, -0.25) is 4.90 Å². The average molecular weight is 249 g/mol. The molecule has 0 radical (unpaired) electrons. The van der Waals surface area contributed by atoms with E-state index in [1.807, 2.05) is 6.20 Å². The molecule has 1 fully saturated rings. The zero-order chi connectivity index (χ0) is 12.8. The maximum absolute atomic E-state index is 5.39. The Kier molecular flexibility index (Phi) is 4.96. The SMILES string of the molecule is CCCNc1cc(CN2CCC(OC)C2)ccn1. The highest BCUT2D eigenvalue weighted by atomic mass is 16.5. The molecule has 0 aromatic carbocycles. The molecule has 0 bridgehead atoms. The molecule has 18 heavy (non-hydrogen) atoms. The molecule has 1 aliphatic rings. The van der Waals surface area contributed by atoms with E-state index in [9.17, 15) is 0 Å². The van der Waals surface area contributed by atoms with Gasteiger partial charge in [0.1, 0.15) is 5.82 Å². The molecule has 1 aromatic rings. The number of likely N-dealkylation sites (tertiary alicyclic amines) is 1. The van der Waals surface area contributed by atoms with E-state index in [1.165, 1.54) is 5.56 Å². The first kappa shape index (κ1) is 13.3. The van der Waals surface area contributed by atoms with Gasteiger partial charge in [0, 0.05) is 39.5 Å². The second-order valence-corrected chi connectivity index (χ2v) is 4.86. The van der Waals surface area contributed by atoms with Crippen molar-refractivity contribution >= 4 is 5.82 Å². The molecule has 0 spiro atoms. The number of nitrogens with one attached hydrogen (secondary N) is 1. The van der Waals surface area contributed by atoms with Crippen LogP contribution in [-0.4, -0.2) is 42.7 Å². The molecular weight excluding hydrogens is 226 g/mol. The fourth-order valence-corrected chi connectivity index (χ4v) is 2.31. The van der Waals surface area contributed by atoms with Crippen molar-refractivity contribution in [1.82, 2.24) is 9.88 Å². The lowest BCUT2D eigenvalue weighted by Crippen LogP contribution is -2.22. The molecule has 0 aliphatic carbocycles. The van der Waals surface area contributed by atoms with Gasteiger partial charge < -0.3 is 10.1 Å². The van der Waals surface area contributed by atoms with Crippen molar-refractivity contribution in [3.8, 4) is 0 Å². The summed E-state index contributed by atoms with van der Waals surface area (Å²) in [5.74, 6) is 0.983. The largest absolute Gasteiger partial charge is 0.380 e. The number of nitrogens with zero attached hydrogens (tertiary/aromatic N) is 2. The van der Waals surface area contributed by atoms with Gasteiger partial charge in [-0.2, -0.15) is 0 Å². The predicted molar refractivity (Wildman–Crippen MR) is 73.7 cm³/mol. The van der Waals surface area contributed by atoms with Crippen molar-refractivity contribution in [2.45, 2.75) is 32.4 Å². The number of aromatic nitrogens is 1. The second kappa shape index (κ2) is 6.71. The Morgan fingerprint density at radius 2 is 2.44 bits per heavy atom. The van der Waals surface area contributed by atoms with E-state index in [-0.39, 0.29) is 0 Å². The Bertz CT molecular complexity index is 370. The van der Waals surface area contributed by atoms with Gasteiger partial charge in [-0.25, -0.2) is 4.98 Å². The Morgan fingerprint density at radius 1 is 1.56 bits per heavy atom. The lowest BCUT2D eigenvalue weighted by Gasteiger charge is -2.16. The van der Waals surface area contributed by atoms with Crippen molar-refractivity contribution in [2.75, 3.05) is 32.1 Å². The van der Waals surface area contributed by atoms with Crippen LogP contribution in [-0.2, 0) is 11.3 Å². The monoisotopic (exact) mass is 249 g/mol. The van der Waals surface area contributed by atoms with Crippen LogP contribution < -0.4 is 5.32 Å². The highest BCUT2D eigenvalue weighted by Gasteiger charge is 2.21. The third-order valence-electron chi connectivity index (χ3n) is 3.35. The standard InChI is InChI=1S/C14H23N3O/c1-3-6-15-14-9-12(4-7-16-14)10-17-8-5-13(11-17)18-2/h4,7,9,13H,3,5-6,8,10-11H2,1-2H3,(H,15,16). The van der Waals surface area contributed by atoms with Crippen LogP contribution in [0.3, 0.4) is 0 Å². The summed E-state index contributed by atoms with van der Waals surface area (Å²) in [5, 5.41) is 3.33. The molecule has 1 atom stereocenters. The molecule has 1 saturated heterocycles. The highest BCUT2D eigenvalue weighted by molar-refractivity contribution is 5.37. The zero-order valence-corrected chi connectivity index (χ0v) is 11.4. The molecular formula is C14H23N3O. The minimum atomic E-state index is 0.407. The van der Waals surface area contributed by atoms with Crippen LogP contribution in [0.5, 0.6) is 0 Å². The van der Waals surface area contributed by atoms with E-state index in [0.717, 1.165) is 44.8 Å². The van der Waals surface area contributed by atoms with Crippen LogP contribution in [0.15, 0.2) is 18.3 Å². The maximum Gasteiger partial charge on any atom is 0.126 e. The van der Waals surface area contributed by atoms with Crippen molar-refractivity contribution in [3.63, 3.8) is 0 Å². The predicted octanol–water partition coefficient (Wildman–Crippen LogP) is 2.12. The van der Waals surface area contributed by atoms with Crippen LogP contribution in [0, 0.1) is 0 Å². The zero-order valence-electron chi connectivity index (χ0n) is 11.4. The van der Waals surface area contributed by atoms with E-state index >= 15 is 0 Å². The number of methoxy groups -OCH3 is 1. The van der Waals surface area contributed by atoms with Gasteiger partial charge in [0.15, 0.2) is 0 Å². The van der Waals surface area contributed by atoms with Crippen LogP contribution in [0.2, 0.25) is 0 Å². The minimum Gasteiger partial charge on any atom is -0.380 e. The molecule has 2 rings (SSSR count). The Balaban J connectivity index is 1.89. The molecule has 100 valence electrons. The van der Waals surface area contributed by atoms with Crippen molar-refractivity contribution < 1.29 is 4.74 Å². The van der Waals surface area contributed by atoms with E-state index in [4.69, 9.17) is 4.74 Å². The number of anilines is 1. The molecule has 0 amide bonds. The van der Waals surface area contributed by atoms with Crippen molar-refractivity contribution in [1.29, 1.82) is 0 Å². The third-order valence-corrected chi connectivity index (χ3v) is 3.35. The maximum atomic E-state index is 5.39. The van der Waals surface area contributed by atoms with Gasteiger partial charge in [0.2, 0.25) is 0 Å². The van der Waals surface area contributed by atoms with Crippen LogP contribution in [0.1, 0.15) is 25.3 Å². The van der Waals surface area contributed by atoms with E-state index in [2.05, 4.69) is 34.3 Å². The molecule has 1 aliphatic heterocycles. The van der Waals surface area contributed by atoms with Gasteiger partial charge in [0.25, 0.3) is 0 Å². The number of ether oxygens (including phenoxy) is 1. The fourth-order valence-electron chi connectivity index (χ4n) is 2.31. The Morgan fingerprint density at radius 3 is 3.17 bits per heavy atom. The van der Waals surface area contributed by atoms with Gasteiger partial charge in [-0.05, 0) is 30.5 Å². The average Bonchev–Trinajstić information content (AvgIpc) is 2.84. The van der Waals surface area contributed by atoms with Crippen LogP contribution in [0.4, 0.5) is 5.82 Å². The molecule has 4 nitrogen and oxygen atoms in total. The second-order valence-electron chi connectivity index (χ2n) is 4.86. The lowest BCUT2D eigenvalue weighted by molar-refractivity contribution is 0.107. The summed E-state index contributed by atoms with van der Waals surface area (Å²) in [6.07, 6.45) is 4.55. The quantitative estimate of drug-likeness (QED) is 0.838. The first-order valence-electron chi connectivity index (χ1n) is 6.75. The fraction of sp³-hybridized carbons (Fsp3) is 0.643. The first-order chi connectivity index (χ1) is 8.81. The molecule has 2 heterocycles. The summed E-state index contributed by atoms with van der Waals surface area (Å²) >= 11 is 0. The number of pyridine rings is 1. The first-order valence-corrected chi connectivity index (χ1v) is 6.75. The van der Waals surface area contributed by atoms with Gasteiger partial charge >= 0.3 is 0 Å². The molecule has 1 unspecified atom stereocenters. The summed E-state index contributed by atoms with van der Waals surface area (Å²) in [7, 11) is 1.80. The van der Waals surface area contributed by atoms with E-state index < -0.39 is 0 Å². The summed E-state index contributed by atoms with van der Waals surface area (Å²) in [4.78, 5) is 6.77. The molecule has 4 heteroatoms. The normalized spacial score (nSPS) is 20.2. The molecule has 1 N–H and O–H groups in total. The smallest absolute Gasteiger partial charge is 0.126 e. The van der Waals surface area contributed by atoms with Gasteiger partial charge in [-0.1, -0.05) is 6.92 Å². The van der Waals surface area contributed by atoms with Gasteiger partial charge in [-0.15, -0.1) is 0 Å². The molecule has 1 aromatic heterocycles. The summed E-state index contributed by atoms with van der Waals surface area (Å²) < 4.78 is 5.39. The van der Waals surface area contributed by atoms with Crippen molar-refractivity contribution in [2.24, 2.45) is 0 Å². The third kappa shape index (κ3) is 3.68. The van der Waals surface area contributed by atoms with Crippen LogP contribution in [0.25, 0.3) is 0 Å². The minimum absolute atomic E-state index is 0.407. The van der Waals surface area contributed by atoms with E-state index in [1.54, 1.807) is 7.11 Å². The topological polar surface area (TPSA) is 37.4 Å². The highest BCUT2D eigenvalue weighted by Crippen LogP contribution is 2.16. The van der Waals surface area contributed by atoms with Gasteiger partial charge in [0.05, 0.1) is 6.10 Å². The number of hydrogen-bond acceptors (Lipinski definition) is 4. The number of hydrogen-bond donors (Lipinski definition) is 1. The Hall–Kier alpha value is -1.13. The lowest BCUT2D eigenvalue weighted by atomic mass is 10.2. The number of rotatable bonds is 6. The van der Waals surface area contributed by atoms with E-state index in [0.29, 0.717) is 6.10 Å². The molecule has 0 saturated carbocycles. The van der Waals surface area contributed by atoms with Crippen molar-refractivity contribution in [3.05, 3.63) is 23.9 Å². The summed E-state index contributed by atoms with van der Waals surface area (Å²) in [5.41, 5.74) is 1.32.